The first-order valence-corrected chi connectivity index (χ1v) is 5.29. The molecule has 0 aliphatic carbocycles. The number of aliphatic hydroxyl groups is 1. The van der Waals surface area contributed by atoms with Gasteiger partial charge in [0.1, 0.15) is 0 Å². The van der Waals surface area contributed by atoms with Gasteiger partial charge in [-0.2, -0.15) is 0 Å². The summed E-state index contributed by atoms with van der Waals surface area (Å²) < 4.78 is 0. The third kappa shape index (κ3) is 2.93. The molecule has 1 amide bonds. The van der Waals surface area contributed by atoms with Crippen molar-refractivity contribution < 1.29 is 19.8 Å². The number of carboxylic acids is 1. The zero-order valence-electron chi connectivity index (χ0n) is 9.49. The summed E-state index contributed by atoms with van der Waals surface area (Å²) in [4.78, 5) is 22.3. The van der Waals surface area contributed by atoms with Crippen molar-refractivity contribution in [2.75, 3.05) is 19.6 Å². The lowest BCUT2D eigenvalue weighted by Gasteiger charge is -2.20. The lowest BCUT2D eigenvalue weighted by atomic mass is 9.97. The van der Waals surface area contributed by atoms with Gasteiger partial charge in [0.2, 0.25) is 5.91 Å². The van der Waals surface area contributed by atoms with Crippen molar-refractivity contribution in [3.8, 4) is 0 Å². The number of carbonyl (C=O) groups excluding carboxylic acids is 1. The number of nitrogens with one attached hydrogen (secondary N) is 2. The Kier molecular flexibility index (Phi) is 3.88. The fourth-order valence-corrected chi connectivity index (χ4v) is 1.63. The molecule has 92 valence electrons. The molecule has 3 atom stereocenters. The van der Waals surface area contributed by atoms with Gasteiger partial charge in [-0.25, -0.2) is 4.79 Å². The average Bonchev–Trinajstić information content (AvgIpc) is 2.61. The van der Waals surface area contributed by atoms with Crippen LogP contribution in [0.2, 0.25) is 0 Å². The summed E-state index contributed by atoms with van der Waals surface area (Å²) in [6.45, 7) is 4.23. The highest BCUT2D eigenvalue weighted by Crippen LogP contribution is 2.15. The largest absolute Gasteiger partial charge is 0.479 e. The van der Waals surface area contributed by atoms with Crippen LogP contribution in [-0.2, 0) is 9.59 Å². The number of aliphatic carboxylic acids is 1. The number of hydrogen-bond donors (Lipinski definition) is 4. The molecule has 3 unspecified atom stereocenters. The standard InChI is InChI=1S/C10H18N2O4/c1-6-3-11-4-7(6)8(13)12-5-10(2,16)9(14)15/h6-7,11,16H,3-5H2,1-2H3,(H,12,13)(H,14,15). The molecule has 1 fully saturated rings. The molecule has 0 bridgehead atoms. The number of carbonyl (C=O) groups is 2. The van der Waals surface area contributed by atoms with Gasteiger partial charge in [-0.05, 0) is 19.4 Å². The first kappa shape index (κ1) is 12.9. The maximum absolute atomic E-state index is 11.7. The molecule has 0 saturated carbocycles. The summed E-state index contributed by atoms with van der Waals surface area (Å²) in [5.41, 5.74) is -1.91. The fourth-order valence-electron chi connectivity index (χ4n) is 1.63. The Labute approximate surface area is 94.0 Å². The molecule has 1 rings (SSSR count). The molecule has 0 aromatic heterocycles. The minimum atomic E-state index is -1.91. The average molecular weight is 230 g/mol. The van der Waals surface area contributed by atoms with E-state index in [1.807, 2.05) is 6.92 Å². The van der Waals surface area contributed by atoms with E-state index in [0.717, 1.165) is 13.5 Å². The molecular formula is C10H18N2O4. The predicted octanol–water partition coefficient (Wildman–Crippen LogP) is -1.21. The Balaban J connectivity index is 2.44. The van der Waals surface area contributed by atoms with Crippen LogP contribution >= 0.6 is 0 Å². The van der Waals surface area contributed by atoms with Crippen molar-refractivity contribution in [2.24, 2.45) is 11.8 Å². The van der Waals surface area contributed by atoms with E-state index < -0.39 is 11.6 Å². The zero-order valence-corrected chi connectivity index (χ0v) is 9.49. The highest BCUT2D eigenvalue weighted by atomic mass is 16.4. The molecular weight excluding hydrogens is 212 g/mol. The van der Waals surface area contributed by atoms with Crippen LogP contribution in [0.15, 0.2) is 0 Å². The molecule has 6 nitrogen and oxygen atoms in total. The summed E-state index contributed by atoms with van der Waals surface area (Å²) in [6, 6.07) is 0. The van der Waals surface area contributed by atoms with Crippen molar-refractivity contribution >= 4 is 11.9 Å². The first-order valence-electron chi connectivity index (χ1n) is 5.29. The third-order valence-electron chi connectivity index (χ3n) is 2.92. The second-order valence-electron chi connectivity index (χ2n) is 4.54. The highest BCUT2D eigenvalue weighted by Gasteiger charge is 2.34. The van der Waals surface area contributed by atoms with Gasteiger partial charge < -0.3 is 20.8 Å². The normalized spacial score (nSPS) is 28.4. The zero-order chi connectivity index (χ0) is 12.3. The maximum Gasteiger partial charge on any atom is 0.337 e. The van der Waals surface area contributed by atoms with Crippen LogP contribution in [0.5, 0.6) is 0 Å². The molecule has 0 aromatic carbocycles. The van der Waals surface area contributed by atoms with Crippen LogP contribution in [0, 0.1) is 11.8 Å². The molecule has 1 aliphatic rings. The second kappa shape index (κ2) is 4.80. The van der Waals surface area contributed by atoms with E-state index >= 15 is 0 Å². The van der Waals surface area contributed by atoms with E-state index in [1.165, 1.54) is 0 Å². The Hall–Kier alpha value is -1.14. The second-order valence-corrected chi connectivity index (χ2v) is 4.54. The molecule has 0 aromatic rings. The lowest BCUT2D eigenvalue weighted by Crippen LogP contribution is -2.48. The van der Waals surface area contributed by atoms with Gasteiger partial charge in [-0.3, -0.25) is 4.79 Å². The Morgan fingerprint density at radius 3 is 2.56 bits per heavy atom. The van der Waals surface area contributed by atoms with Gasteiger partial charge in [-0.1, -0.05) is 6.92 Å². The van der Waals surface area contributed by atoms with E-state index in [0.29, 0.717) is 6.54 Å². The van der Waals surface area contributed by atoms with Crippen LogP contribution in [0.25, 0.3) is 0 Å². The molecule has 16 heavy (non-hydrogen) atoms. The van der Waals surface area contributed by atoms with Gasteiger partial charge in [0, 0.05) is 6.54 Å². The number of rotatable bonds is 4. The summed E-state index contributed by atoms with van der Waals surface area (Å²) in [5.74, 6) is -1.47. The van der Waals surface area contributed by atoms with Crippen molar-refractivity contribution in [3.05, 3.63) is 0 Å². The van der Waals surface area contributed by atoms with Crippen molar-refractivity contribution in [1.29, 1.82) is 0 Å². The molecule has 0 spiro atoms. The molecule has 4 N–H and O–H groups in total. The predicted molar refractivity (Wildman–Crippen MR) is 56.8 cm³/mol. The van der Waals surface area contributed by atoms with E-state index in [9.17, 15) is 14.7 Å². The molecule has 6 heteroatoms. The highest BCUT2D eigenvalue weighted by molar-refractivity contribution is 5.82. The Morgan fingerprint density at radius 2 is 2.12 bits per heavy atom. The van der Waals surface area contributed by atoms with Gasteiger partial charge in [-0.15, -0.1) is 0 Å². The number of carboxylic acid groups (broad SMARTS) is 1. The van der Waals surface area contributed by atoms with E-state index in [2.05, 4.69) is 10.6 Å². The molecule has 1 saturated heterocycles. The smallest absolute Gasteiger partial charge is 0.337 e. The van der Waals surface area contributed by atoms with Crippen LogP contribution in [-0.4, -0.2) is 47.3 Å². The quantitative estimate of drug-likeness (QED) is 0.486. The van der Waals surface area contributed by atoms with Gasteiger partial charge in [0.15, 0.2) is 5.60 Å². The van der Waals surface area contributed by atoms with Crippen molar-refractivity contribution in [1.82, 2.24) is 10.6 Å². The molecule has 1 aliphatic heterocycles. The van der Waals surface area contributed by atoms with Crippen molar-refractivity contribution in [3.63, 3.8) is 0 Å². The van der Waals surface area contributed by atoms with Crippen molar-refractivity contribution in [2.45, 2.75) is 19.4 Å². The summed E-state index contributed by atoms with van der Waals surface area (Å²) >= 11 is 0. The minimum absolute atomic E-state index is 0.149. The van der Waals surface area contributed by atoms with Crippen LogP contribution in [0.4, 0.5) is 0 Å². The molecule has 1 heterocycles. The summed E-state index contributed by atoms with van der Waals surface area (Å²) in [7, 11) is 0. The van der Waals surface area contributed by atoms with Gasteiger partial charge in [0.05, 0.1) is 12.5 Å². The Bertz CT molecular complexity index is 291. The third-order valence-corrected chi connectivity index (χ3v) is 2.92. The van der Waals surface area contributed by atoms with Crippen LogP contribution in [0.1, 0.15) is 13.8 Å². The minimum Gasteiger partial charge on any atom is -0.479 e. The monoisotopic (exact) mass is 230 g/mol. The van der Waals surface area contributed by atoms with E-state index in [4.69, 9.17) is 5.11 Å². The topological polar surface area (TPSA) is 98.7 Å². The van der Waals surface area contributed by atoms with E-state index in [-0.39, 0.29) is 24.3 Å². The van der Waals surface area contributed by atoms with Gasteiger partial charge in [0.25, 0.3) is 0 Å². The van der Waals surface area contributed by atoms with Gasteiger partial charge >= 0.3 is 5.97 Å². The first-order chi connectivity index (χ1) is 7.34. The molecule has 0 radical (unpaired) electrons. The summed E-state index contributed by atoms with van der Waals surface area (Å²) in [5, 5.41) is 23.6. The maximum atomic E-state index is 11.7. The van der Waals surface area contributed by atoms with Crippen LogP contribution in [0.3, 0.4) is 0 Å². The summed E-state index contributed by atoms with van der Waals surface area (Å²) in [6.07, 6.45) is 0. The Morgan fingerprint density at radius 1 is 1.50 bits per heavy atom. The van der Waals surface area contributed by atoms with Crippen LogP contribution < -0.4 is 10.6 Å². The number of hydrogen-bond acceptors (Lipinski definition) is 4. The lowest BCUT2D eigenvalue weighted by molar-refractivity contribution is -0.156. The number of amides is 1. The van der Waals surface area contributed by atoms with E-state index in [1.54, 1.807) is 0 Å². The SMILES string of the molecule is CC1CNCC1C(=O)NCC(C)(O)C(=O)O. The fraction of sp³-hybridized carbons (Fsp3) is 0.800.